The van der Waals surface area contributed by atoms with Gasteiger partial charge in [0.25, 0.3) is 0 Å². The molecule has 0 saturated carbocycles. The van der Waals surface area contributed by atoms with Crippen molar-refractivity contribution in [1.82, 2.24) is 14.8 Å². The van der Waals surface area contributed by atoms with E-state index in [1.807, 2.05) is 18.2 Å². The molecule has 2 heterocycles. The molecular weight excluding hydrogens is 422 g/mol. The van der Waals surface area contributed by atoms with Gasteiger partial charge in [0.2, 0.25) is 0 Å². The zero-order chi connectivity index (χ0) is 21.8. The van der Waals surface area contributed by atoms with Gasteiger partial charge in [0.1, 0.15) is 6.61 Å². The average Bonchev–Trinajstić information content (AvgIpc) is 3.16. The lowest BCUT2D eigenvalue weighted by Gasteiger charge is -2.33. The number of amides is 1. The van der Waals surface area contributed by atoms with Crippen LogP contribution < -0.4 is 5.76 Å². The van der Waals surface area contributed by atoms with E-state index in [0.717, 1.165) is 5.56 Å². The summed E-state index contributed by atoms with van der Waals surface area (Å²) in [6, 6.07) is 12.2. The number of fused-ring (bicyclic) bond motifs is 1. The predicted octanol–water partition coefficient (Wildman–Crippen LogP) is 3.30. The van der Waals surface area contributed by atoms with Crippen LogP contribution in [0.3, 0.4) is 0 Å². The highest BCUT2D eigenvalue weighted by molar-refractivity contribution is 6.31. The van der Waals surface area contributed by atoms with E-state index in [4.69, 9.17) is 20.8 Å². The number of carbonyl (C=O) groups excluding carboxylic acids is 2. The van der Waals surface area contributed by atoms with Gasteiger partial charge in [-0.3, -0.25) is 14.7 Å². The molecule has 2 aromatic carbocycles. The van der Waals surface area contributed by atoms with Crippen LogP contribution in [0.15, 0.2) is 51.7 Å². The van der Waals surface area contributed by atoms with E-state index in [2.05, 4.69) is 9.88 Å². The zero-order valence-corrected chi connectivity index (χ0v) is 17.6. The van der Waals surface area contributed by atoms with E-state index in [1.165, 1.54) is 0 Å². The number of halogens is 1. The molecule has 1 saturated heterocycles. The summed E-state index contributed by atoms with van der Waals surface area (Å²) in [4.78, 5) is 42.4. The number of benzene rings is 2. The molecule has 1 aromatic heterocycles. The number of piperazine rings is 1. The molecule has 0 bridgehead atoms. The van der Waals surface area contributed by atoms with Crippen LogP contribution in [0.4, 0.5) is 4.79 Å². The first kappa shape index (κ1) is 21.1. The number of hydrogen-bond acceptors (Lipinski definition) is 6. The van der Waals surface area contributed by atoms with Crippen molar-refractivity contribution >= 4 is 34.6 Å². The van der Waals surface area contributed by atoms with E-state index in [0.29, 0.717) is 60.8 Å². The molecule has 1 amide bonds. The minimum absolute atomic E-state index is 0.0210. The van der Waals surface area contributed by atoms with Crippen molar-refractivity contribution in [3.63, 3.8) is 0 Å². The lowest BCUT2D eigenvalue weighted by molar-refractivity contribution is 0.0697. The lowest BCUT2D eigenvalue weighted by Crippen LogP contribution is -2.49. The molecule has 0 aliphatic carbocycles. The monoisotopic (exact) mass is 443 g/mol. The number of ketones is 1. The largest absolute Gasteiger partial charge is 0.444 e. The fourth-order valence-corrected chi connectivity index (χ4v) is 3.71. The van der Waals surface area contributed by atoms with Crippen molar-refractivity contribution in [2.24, 2.45) is 0 Å². The number of carbonyl (C=O) groups is 2. The van der Waals surface area contributed by atoms with Crippen LogP contribution in [0.1, 0.15) is 22.3 Å². The summed E-state index contributed by atoms with van der Waals surface area (Å²) in [5.74, 6) is -0.560. The molecule has 1 fully saturated rings. The number of aromatic amines is 1. The molecule has 1 aliphatic rings. The Kier molecular flexibility index (Phi) is 6.39. The predicted molar refractivity (Wildman–Crippen MR) is 115 cm³/mol. The van der Waals surface area contributed by atoms with Crippen LogP contribution in [0, 0.1) is 0 Å². The van der Waals surface area contributed by atoms with Crippen LogP contribution in [-0.4, -0.2) is 59.4 Å². The Morgan fingerprint density at radius 1 is 1.10 bits per heavy atom. The van der Waals surface area contributed by atoms with Gasteiger partial charge >= 0.3 is 11.8 Å². The molecule has 4 rings (SSSR count). The van der Waals surface area contributed by atoms with Crippen LogP contribution >= 0.6 is 11.6 Å². The number of aromatic nitrogens is 1. The fourth-order valence-electron chi connectivity index (χ4n) is 3.52. The van der Waals surface area contributed by atoms with E-state index in [-0.39, 0.29) is 18.5 Å². The first-order chi connectivity index (χ1) is 15.0. The number of nitrogens with zero attached hydrogens (tertiary/aromatic N) is 2. The van der Waals surface area contributed by atoms with E-state index in [1.54, 1.807) is 29.2 Å². The molecule has 0 spiro atoms. The summed E-state index contributed by atoms with van der Waals surface area (Å²) < 4.78 is 10.4. The molecule has 3 aromatic rings. The van der Waals surface area contributed by atoms with Crippen molar-refractivity contribution in [3.05, 3.63) is 69.2 Å². The van der Waals surface area contributed by atoms with Gasteiger partial charge in [-0.05, 0) is 24.3 Å². The van der Waals surface area contributed by atoms with Crippen molar-refractivity contribution in [2.75, 3.05) is 32.7 Å². The third-order valence-electron chi connectivity index (χ3n) is 5.34. The second-order valence-corrected chi connectivity index (χ2v) is 7.78. The SMILES string of the molecule is O=C(CCN1CCN(C(=O)OCc2ccccc2Cl)CC1)c1ccc2[nH]c(=O)oc2c1. The van der Waals surface area contributed by atoms with E-state index < -0.39 is 5.76 Å². The average molecular weight is 444 g/mol. The molecule has 9 heteroatoms. The van der Waals surface area contributed by atoms with E-state index in [9.17, 15) is 14.4 Å². The summed E-state index contributed by atoms with van der Waals surface area (Å²) in [5, 5.41) is 0.572. The van der Waals surface area contributed by atoms with Crippen LogP contribution in [0.2, 0.25) is 5.02 Å². The molecule has 1 N–H and O–H groups in total. The van der Waals surface area contributed by atoms with Crippen molar-refractivity contribution in [2.45, 2.75) is 13.0 Å². The maximum Gasteiger partial charge on any atom is 0.417 e. The van der Waals surface area contributed by atoms with Crippen LogP contribution in [0.25, 0.3) is 11.1 Å². The first-order valence-corrected chi connectivity index (χ1v) is 10.4. The van der Waals surface area contributed by atoms with Gasteiger partial charge in [0.05, 0.1) is 5.52 Å². The van der Waals surface area contributed by atoms with Gasteiger partial charge < -0.3 is 14.1 Å². The summed E-state index contributed by atoms with van der Waals surface area (Å²) >= 11 is 6.09. The zero-order valence-electron chi connectivity index (χ0n) is 16.8. The quantitative estimate of drug-likeness (QED) is 0.587. The second-order valence-electron chi connectivity index (χ2n) is 7.37. The number of nitrogens with one attached hydrogen (secondary N) is 1. The minimum Gasteiger partial charge on any atom is -0.444 e. The summed E-state index contributed by atoms with van der Waals surface area (Å²) in [5.41, 5.74) is 2.22. The smallest absolute Gasteiger partial charge is 0.417 e. The van der Waals surface area contributed by atoms with Crippen LogP contribution in [0.5, 0.6) is 0 Å². The highest BCUT2D eigenvalue weighted by atomic mass is 35.5. The fraction of sp³-hybridized carbons (Fsp3) is 0.318. The normalized spacial score (nSPS) is 14.7. The molecule has 0 radical (unpaired) electrons. The third-order valence-corrected chi connectivity index (χ3v) is 5.71. The highest BCUT2D eigenvalue weighted by Gasteiger charge is 2.23. The number of rotatable bonds is 6. The van der Waals surface area contributed by atoms with Gasteiger partial charge in [-0.25, -0.2) is 9.59 Å². The molecule has 31 heavy (non-hydrogen) atoms. The maximum atomic E-state index is 12.5. The van der Waals surface area contributed by atoms with E-state index >= 15 is 0 Å². The molecule has 1 aliphatic heterocycles. The Morgan fingerprint density at radius 3 is 2.65 bits per heavy atom. The third kappa shape index (κ3) is 5.15. The summed E-state index contributed by atoms with van der Waals surface area (Å²) in [7, 11) is 0. The standard InChI is InChI=1S/C22H22ClN3O5/c23-17-4-2-1-3-16(17)14-30-22(29)26-11-9-25(10-12-26)8-7-19(27)15-5-6-18-20(13-15)31-21(28)24-18/h1-6,13H,7-12,14H2,(H,24,28). The molecule has 8 nitrogen and oxygen atoms in total. The van der Waals surface area contributed by atoms with Crippen LogP contribution in [-0.2, 0) is 11.3 Å². The highest BCUT2D eigenvalue weighted by Crippen LogP contribution is 2.17. The van der Waals surface area contributed by atoms with Gasteiger partial charge in [-0.2, -0.15) is 0 Å². The lowest BCUT2D eigenvalue weighted by atomic mass is 10.1. The number of ether oxygens (including phenoxy) is 1. The Hall–Kier alpha value is -3.10. The number of Topliss-reactive ketones (excluding diaryl/α,β-unsaturated/α-hetero) is 1. The van der Waals surface area contributed by atoms with Gasteiger partial charge in [0, 0.05) is 55.3 Å². The first-order valence-electron chi connectivity index (χ1n) is 10.0. The summed E-state index contributed by atoms with van der Waals surface area (Å²) in [6.07, 6.45) is -0.0196. The Balaban J connectivity index is 1.22. The number of H-pyrrole nitrogens is 1. The topological polar surface area (TPSA) is 95.9 Å². The minimum atomic E-state index is -0.539. The molecule has 0 atom stereocenters. The van der Waals surface area contributed by atoms with Gasteiger partial charge in [0.15, 0.2) is 11.4 Å². The molecular formula is C22H22ClN3O5. The Morgan fingerprint density at radius 2 is 1.87 bits per heavy atom. The maximum absolute atomic E-state index is 12.5. The van der Waals surface area contributed by atoms with Crippen molar-refractivity contribution < 1.29 is 18.7 Å². The van der Waals surface area contributed by atoms with Gasteiger partial charge in [-0.1, -0.05) is 29.8 Å². The number of oxazole rings is 1. The molecule has 162 valence electrons. The van der Waals surface area contributed by atoms with Crippen molar-refractivity contribution in [1.29, 1.82) is 0 Å². The number of hydrogen-bond donors (Lipinski definition) is 1. The summed E-state index contributed by atoms with van der Waals surface area (Å²) in [6.45, 7) is 3.14. The Bertz CT molecular complexity index is 1150. The van der Waals surface area contributed by atoms with Crippen molar-refractivity contribution in [3.8, 4) is 0 Å². The van der Waals surface area contributed by atoms with Gasteiger partial charge in [-0.15, -0.1) is 0 Å². The molecule has 0 unspecified atom stereocenters. The Labute approximate surface area is 183 Å². The second kappa shape index (κ2) is 9.36.